The summed E-state index contributed by atoms with van der Waals surface area (Å²) in [6.45, 7) is 0.828. The van der Waals surface area contributed by atoms with Crippen molar-refractivity contribution in [3.05, 3.63) is 64.9 Å². The SMILES string of the molecule is O=C(CN1CCN(S(=O)(=O)c2ccccc2F)CC1)NNC(=O)c1ccc(Cl)cc1. The summed E-state index contributed by atoms with van der Waals surface area (Å²) in [5, 5.41) is 0.492. The number of rotatable bonds is 5. The summed E-state index contributed by atoms with van der Waals surface area (Å²) in [4.78, 5) is 25.4. The van der Waals surface area contributed by atoms with Gasteiger partial charge in [-0.25, -0.2) is 12.8 Å². The van der Waals surface area contributed by atoms with Gasteiger partial charge in [-0.2, -0.15) is 4.31 Å². The predicted octanol–water partition coefficient (Wildman–Crippen LogP) is 1.25. The van der Waals surface area contributed by atoms with Crippen molar-refractivity contribution in [2.24, 2.45) is 0 Å². The smallest absolute Gasteiger partial charge is 0.269 e. The topological polar surface area (TPSA) is 98.8 Å². The third-order valence-corrected chi connectivity index (χ3v) is 6.76. The van der Waals surface area contributed by atoms with Gasteiger partial charge in [-0.3, -0.25) is 25.3 Å². The van der Waals surface area contributed by atoms with Crippen LogP contribution >= 0.6 is 11.6 Å². The lowest BCUT2D eigenvalue weighted by Gasteiger charge is -2.33. The largest absolute Gasteiger partial charge is 0.292 e. The molecule has 2 amide bonds. The molecular weight excluding hydrogens is 435 g/mol. The third-order valence-electron chi connectivity index (χ3n) is 4.57. The van der Waals surface area contributed by atoms with Gasteiger partial charge in [-0.1, -0.05) is 23.7 Å². The van der Waals surface area contributed by atoms with Crippen molar-refractivity contribution in [1.82, 2.24) is 20.1 Å². The number of piperazine rings is 1. The Labute approximate surface area is 178 Å². The zero-order valence-electron chi connectivity index (χ0n) is 15.8. The number of hydrogen-bond donors (Lipinski definition) is 2. The van der Waals surface area contributed by atoms with Gasteiger partial charge in [0.1, 0.15) is 10.7 Å². The Morgan fingerprint density at radius 1 is 0.967 bits per heavy atom. The average molecular weight is 455 g/mol. The van der Waals surface area contributed by atoms with Crippen LogP contribution in [-0.4, -0.2) is 62.2 Å². The molecule has 160 valence electrons. The van der Waals surface area contributed by atoms with Gasteiger partial charge < -0.3 is 0 Å². The molecule has 2 aromatic carbocycles. The van der Waals surface area contributed by atoms with E-state index in [0.29, 0.717) is 23.7 Å². The fourth-order valence-electron chi connectivity index (χ4n) is 2.96. The van der Waals surface area contributed by atoms with E-state index >= 15 is 0 Å². The standard InChI is InChI=1S/C19H20ClFN4O4S/c20-15-7-5-14(6-8-15)19(27)23-22-18(26)13-24-9-11-25(12-10-24)30(28,29)17-4-2-1-3-16(17)21/h1-8H,9-13H2,(H,22,26)(H,23,27). The molecule has 1 aliphatic rings. The predicted molar refractivity (Wildman–Crippen MR) is 109 cm³/mol. The van der Waals surface area contributed by atoms with E-state index in [-0.39, 0.29) is 24.5 Å². The Balaban J connectivity index is 1.47. The molecular formula is C19H20ClFN4O4S. The number of hydrazine groups is 1. The number of nitrogens with zero attached hydrogens (tertiary/aromatic N) is 2. The number of hydrogen-bond acceptors (Lipinski definition) is 5. The van der Waals surface area contributed by atoms with Crippen molar-refractivity contribution in [2.75, 3.05) is 32.7 Å². The summed E-state index contributed by atoms with van der Waals surface area (Å²) in [6, 6.07) is 11.4. The monoisotopic (exact) mass is 454 g/mol. The highest BCUT2D eigenvalue weighted by Gasteiger charge is 2.30. The van der Waals surface area contributed by atoms with Crippen LogP contribution in [0, 0.1) is 5.82 Å². The highest BCUT2D eigenvalue weighted by molar-refractivity contribution is 7.89. The van der Waals surface area contributed by atoms with Gasteiger partial charge in [0.2, 0.25) is 10.0 Å². The van der Waals surface area contributed by atoms with Gasteiger partial charge in [0.05, 0.1) is 6.54 Å². The van der Waals surface area contributed by atoms with E-state index in [1.54, 1.807) is 17.0 Å². The molecule has 0 bridgehead atoms. The van der Waals surface area contributed by atoms with E-state index in [1.165, 1.54) is 34.6 Å². The van der Waals surface area contributed by atoms with E-state index in [4.69, 9.17) is 11.6 Å². The van der Waals surface area contributed by atoms with E-state index in [0.717, 1.165) is 6.07 Å². The quantitative estimate of drug-likeness (QED) is 0.662. The summed E-state index contributed by atoms with van der Waals surface area (Å²) in [5.74, 6) is -1.72. The summed E-state index contributed by atoms with van der Waals surface area (Å²) < 4.78 is 40.3. The Kier molecular flexibility index (Phi) is 7.03. The minimum Gasteiger partial charge on any atom is -0.292 e. The first-order chi connectivity index (χ1) is 14.3. The summed E-state index contributed by atoms with van der Waals surface area (Å²) in [6.07, 6.45) is 0. The molecule has 8 nitrogen and oxygen atoms in total. The summed E-state index contributed by atoms with van der Waals surface area (Å²) >= 11 is 5.77. The first-order valence-electron chi connectivity index (χ1n) is 9.09. The second-order valence-corrected chi connectivity index (χ2v) is 8.96. The van der Waals surface area contributed by atoms with Crippen molar-refractivity contribution >= 4 is 33.4 Å². The van der Waals surface area contributed by atoms with Crippen molar-refractivity contribution in [1.29, 1.82) is 0 Å². The van der Waals surface area contributed by atoms with Crippen molar-refractivity contribution < 1.29 is 22.4 Å². The molecule has 1 heterocycles. The van der Waals surface area contributed by atoms with Gasteiger partial charge in [-0.05, 0) is 36.4 Å². The van der Waals surface area contributed by atoms with Crippen LogP contribution in [0.4, 0.5) is 4.39 Å². The Bertz CT molecular complexity index is 1030. The molecule has 0 saturated carbocycles. The van der Waals surface area contributed by atoms with Crippen molar-refractivity contribution in [3.63, 3.8) is 0 Å². The molecule has 11 heteroatoms. The second kappa shape index (κ2) is 9.52. The third kappa shape index (κ3) is 5.33. The molecule has 0 aliphatic carbocycles. The molecule has 2 aromatic rings. The lowest BCUT2D eigenvalue weighted by atomic mass is 10.2. The number of sulfonamides is 1. The lowest BCUT2D eigenvalue weighted by Crippen LogP contribution is -2.52. The van der Waals surface area contributed by atoms with Gasteiger partial charge in [0, 0.05) is 36.8 Å². The molecule has 1 aliphatic heterocycles. The van der Waals surface area contributed by atoms with E-state index in [1.807, 2.05) is 0 Å². The average Bonchev–Trinajstić information content (AvgIpc) is 2.73. The first-order valence-corrected chi connectivity index (χ1v) is 10.9. The van der Waals surface area contributed by atoms with Gasteiger partial charge in [-0.15, -0.1) is 0 Å². The van der Waals surface area contributed by atoms with E-state index < -0.39 is 27.7 Å². The normalized spacial score (nSPS) is 15.5. The fraction of sp³-hybridized carbons (Fsp3) is 0.263. The molecule has 0 unspecified atom stereocenters. The fourth-order valence-corrected chi connectivity index (χ4v) is 4.58. The van der Waals surface area contributed by atoms with Gasteiger partial charge >= 0.3 is 0 Å². The highest BCUT2D eigenvalue weighted by atomic mass is 35.5. The van der Waals surface area contributed by atoms with Crippen LogP contribution in [0.5, 0.6) is 0 Å². The highest BCUT2D eigenvalue weighted by Crippen LogP contribution is 2.20. The molecule has 0 spiro atoms. The Hall–Kier alpha value is -2.53. The Morgan fingerprint density at radius 2 is 1.60 bits per heavy atom. The summed E-state index contributed by atoms with van der Waals surface area (Å²) in [5.41, 5.74) is 4.97. The van der Waals surface area contributed by atoms with E-state index in [2.05, 4.69) is 10.9 Å². The maximum atomic E-state index is 13.9. The Morgan fingerprint density at radius 3 is 2.23 bits per heavy atom. The van der Waals surface area contributed by atoms with Crippen molar-refractivity contribution in [3.8, 4) is 0 Å². The number of halogens is 2. The lowest BCUT2D eigenvalue weighted by molar-refractivity contribution is -0.123. The van der Waals surface area contributed by atoms with Crippen LogP contribution < -0.4 is 10.9 Å². The molecule has 0 aromatic heterocycles. The molecule has 1 saturated heterocycles. The number of amides is 2. The van der Waals surface area contributed by atoms with Crippen LogP contribution in [0.1, 0.15) is 10.4 Å². The first kappa shape index (κ1) is 22.2. The zero-order valence-corrected chi connectivity index (χ0v) is 17.4. The number of nitrogens with one attached hydrogen (secondary N) is 2. The van der Waals surface area contributed by atoms with Crippen LogP contribution in [0.25, 0.3) is 0 Å². The minimum absolute atomic E-state index is 0.0194. The maximum absolute atomic E-state index is 13.9. The molecule has 1 fully saturated rings. The number of benzene rings is 2. The molecule has 3 rings (SSSR count). The molecule has 2 N–H and O–H groups in total. The van der Waals surface area contributed by atoms with Crippen molar-refractivity contribution in [2.45, 2.75) is 4.90 Å². The molecule has 30 heavy (non-hydrogen) atoms. The van der Waals surface area contributed by atoms with E-state index in [9.17, 15) is 22.4 Å². The van der Waals surface area contributed by atoms with Crippen LogP contribution in [-0.2, 0) is 14.8 Å². The van der Waals surface area contributed by atoms with Crippen LogP contribution in [0.3, 0.4) is 0 Å². The number of carbonyl (C=O) groups is 2. The minimum atomic E-state index is -3.94. The number of carbonyl (C=O) groups excluding carboxylic acids is 2. The van der Waals surface area contributed by atoms with Gasteiger partial charge in [0.25, 0.3) is 11.8 Å². The maximum Gasteiger partial charge on any atom is 0.269 e. The summed E-state index contributed by atoms with van der Waals surface area (Å²) in [7, 11) is -3.94. The van der Waals surface area contributed by atoms with Crippen LogP contribution in [0.2, 0.25) is 5.02 Å². The molecule has 0 atom stereocenters. The van der Waals surface area contributed by atoms with Crippen LogP contribution in [0.15, 0.2) is 53.4 Å². The van der Waals surface area contributed by atoms with Gasteiger partial charge in [0.15, 0.2) is 0 Å². The second-order valence-electron chi connectivity index (χ2n) is 6.62. The molecule has 0 radical (unpaired) electrons. The zero-order chi connectivity index (χ0) is 21.7.